The van der Waals surface area contributed by atoms with Gasteiger partial charge in [-0.15, -0.1) is 5.10 Å². The summed E-state index contributed by atoms with van der Waals surface area (Å²) in [6.07, 6.45) is 5.01. The SMILES string of the molecule is CC1CCCC(NC(=O)c2cccc(-n3cnnn3)c2)C1C. The van der Waals surface area contributed by atoms with E-state index in [1.54, 1.807) is 4.68 Å². The molecule has 1 aromatic heterocycles. The molecule has 0 aliphatic heterocycles. The van der Waals surface area contributed by atoms with Crippen molar-refractivity contribution in [2.45, 2.75) is 39.2 Å². The van der Waals surface area contributed by atoms with Crippen LogP contribution >= 0.6 is 0 Å². The molecule has 22 heavy (non-hydrogen) atoms. The number of carbonyl (C=O) groups is 1. The van der Waals surface area contributed by atoms with Crippen molar-refractivity contribution in [3.8, 4) is 5.69 Å². The molecule has 1 aliphatic rings. The minimum atomic E-state index is -0.0270. The Morgan fingerprint density at radius 3 is 2.95 bits per heavy atom. The van der Waals surface area contributed by atoms with E-state index in [-0.39, 0.29) is 11.9 Å². The summed E-state index contributed by atoms with van der Waals surface area (Å²) in [5.74, 6) is 1.15. The zero-order chi connectivity index (χ0) is 15.5. The Labute approximate surface area is 129 Å². The van der Waals surface area contributed by atoms with Gasteiger partial charge in [0.15, 0.2) is 0 Å². The van der Waals surface area contributed by atoms with Crippen LogP contribution in [0.5, 0.6) is 0 Å². The smallest absolute Gasteiger partial charge is 0.251 e. The molecule has 1 heterocycles. The Kier molecular flexibility index (Phi) is 4.18. The average Bonchev–Trinajstić information content (AvgIpc) is 3.06. The van der Waals surface area contributed by atoms with Crippen LogP contribution in [0.1, 0.15) is 43.5 Å². The van der Waals surface area contributed by atoms with E-state index in [2.05, 4.69) is 34.7 Å². The fourth-order valence-corrected chi connectivity index (χ4v) is 3.11. The fourth-order valence-electron chi connectivity index (χ4n) is 3.11. The number of amides is 1. The number of hydrogen-bond acceptors (Lipinski definition) is 4. The van der Waals surface area contributed by atoms with Crippen molar-refractivity contribution in [2.75, 3.05) is 0 Å². The summed E-state index contributed by atoms with van der Waals surface area (Å²) in [4.78, 5) is 12.5. The van der Waals surface area contributed by atoms with Gasteiger partial charge in [0.25, 0.3) is 5.91 Å². The minimum Gasteiger partial charge on any atom is -0.349 e. The Balaban J connectivity index is 1.74. The first-order valence-corrected chi connectivity index (χ1v) is 7.79. The normalized spacial score (nSPS) is 24.9. The molecule has 1 saturated carbocycles. The third-order valence-electron chi connectivity index (χ3n) is 4.75. The van der Waals surface area contributed by atoms with Gasteiger partial charge in [-0.2, -0.15) is 0 Å². The lowest BCUT2D eigenvalue weighted by molar-refractivity contribution is 0.0891. The third kappa shape index (κ3) is 3.00. The summed E-state index contributed by atoms with van der Waals surface area (Å²) in [6, 6.07) is 7.60. The summed E-state index contributed by atoms with van der Waals surface area (Å²) < 4.78 is 1.54. The number of hydrogen-bond donors (Lipinski definition) is 1. The Morgan fingerprint density at radius 2 is 2.18 bits per heavy atom. The lowest BCUT2D eigenvalue weighted by Gasteiger charge is -2.34. The van der Waals surface area contributed by atoms with E-state index in [0.29, 0.717) is 17.4 Å². The quantitative estimate of drug-likeness (QED) is 0.943. The van der Waals surface area contributed by atoms with Gasteiger partial charge < -0.3 is 5.32 Å². The van der Waals surface area contributed by atoms with E-state index in [1.165, 1.54) is 19.2 Å². The molecule has 3 unspecified atom stereocenters. The number of benzene rings is 1. The largest absolute Gasteiger partial charge is 0.349 e. The number of carbonyl (C=O) groups excluding carboxylic acids is 1. The molecule has 1 aliphatic carbocycles. The van der Waals surface area contributed by atoms with Crippen LogP contribution < -0.4 is 5.32 Å². The molecule has 116 valence electrons. The molecule has 2 aromatic rings. The predicted octanol–water partition coefficient (Wildman–Crippen LogP) is 2.22. The van der Waals surface area contributed by atoms with Crippen molar-refractivity contribution >= 4 is 5.91 Å². The van der Waals surface area contributed by atoms with E-state index in [4.69, 9.17) is 0 Å². The van der Waals surface area contributed by atoms with Crippen LogP contribution in [-0.2, 0) is 0 Å². The van der Waals surface area contributed by atoms with Crippen molar-refractivity contribution in [2.24, 2.45) is 11.8 Å². The van der Waals surface area contributed by atoms with E-state index in [0.717, 1.165) is 12.1 Å². The lowest BCUT2D eigenvalue weighted by Crippen LogP contribution is -2.43. The highest BCUT2D eigenvalue weighted by atomic mass is 16.1. The van der Waals surface area contributed by atoms with Crippen molar-refractivity contribution in [3.63, 3.8) is 0 Å². The van der Waals surface area contributed by atoms with Crippen molar-refractivity contribution < 1.29 is 4.79 Å². The standard InChI is InChI=1S/C16H21N5O/c1-11-5-3-8-15(12(11)2)18-16(22)13-6-4-7-14(9-13)21-10-17-19-20-21/h4,6-7,9-12,15H,3,5,8H2,1-2H3,(H,18,22). The fraction of sp³-hybridized carbons (Fsp3) is 0.500. The van der Waals surface area contributed by atoms with Gasteiger partial charge in [0.2, 0.25) is 0 Å². The maximum atomic E-state index is 12.5. The topological polar surface area (TPSA) is 72.7 Å². The molecule has 3 atom stereocenters. The van der Waals surface area contributed by atoms with Crippen LogP contribution in [0.25, 0.3) is 5.69 Å². The molecule has 1 aromatic carbocycles. The first-order chi connectivity index (χ1) is 10.6. The van der Waals surface area contributed by atoms with E-state index < -0.39 is 0 Å². The molecule has 0 radical (unpaired) electrons. The summed E-state index contributed by atoms with van der Waals surface area (Å²) in [6.45, 7) is 4.49. The molecule has 0 saturated heterocycles. The maximum absolute atomic E-state index is 12.5. The zero-order valence-corrected chi connectivity index (χ0v) is 12.9. The maximum Gasteiger partial charge on any atom is 0.251 e. The van der Waals surface area contributed by atoms with Gasteiger partial charge >= 0.3 is 0 Å². The van der Waals surface area contributed by atoms with E-state index in [9.17, 15) is 4.79 Å². The first-order valence-electron chi connectivity index (χ1n) is 7.79. The van der Waals surface area contributed by atoms with Crippen LogP contribution in [-0.4, -0.2) is 32.2 Å². The number of nitrogens with zero attached hydrogens (tertiary/aromatic N) is 4. The Hall–Kier alpha value is -2.24. The molecule has 0 spiro atoms. The summed E-state index contributed by atoms with van der Waals surface area (Å²) in [5.41, 5.74) is 1.42. The van der Waals surface area contributed by atoms with Crippen LogP contribution in [0, 0.1) is 11.8 Å². The van der Waals surface area contributed by atoms with Crippen molar-refractivity contribution in [1.82, 2.24) is 25.5 Å². The highest BCUT2D eigenvalue weighted by molar-refractivity contribution is 5.94. The van der Waals surface area contributed by atoms with Crippen LogP contribution in [0.15, 0.2) is 30.6 Å². The Morgan fingerprint density at radius 1 is 1.32 bits per heavy atom. The summed E-state index contributed by atoms with van der Waals surface area (Å²) >= 11 is 0. The van der Waals surface area contributed by atoms with E-state index in [1.807, 2.05) is 24.3 Å². The number of tetrazole rings is 1. The lowest BCUT2D eigenvalue weighted by atomic mass is 9.78. The van der Waals surface area contributed by atoms with Gasteiger partial charge in [0, 0.05) is 11.6 Å². The van der Waals surface area contributed by atoms with Gasteiger partial charge in [-0.05, 0) is 46.9 Å². The molecule has 1 N–H and O–H groups in total. The monoisotopic (exact) mass is 299 g/mol. The molecule has 0 bridgehead atoms. The van der Waals surface area contributed by atoms with Crippen LogP contribution in [0.4, 0.5) is 0 Å². The zero-order valence-electron chi connectivity index (χ0n) is 12.9. The van der Waals surface area contributed by atoms with Gasteiger partial charge in [-0.25, -0.2) is 4.68 Å². The second kappa shape index (κ2) is 6.25. The van der Waals surface area contributed by atoms with Gasteiger partial charge in [-0.1, -0.05) is 32.8 Å². The van der Waals surface area contributed by atoms with Gasteiger partial charge in [-0.3, -0.25) is 4.79 Å². The first kappa shape index (κ1) is 14.7. The average molecular weight is 299 g/mol. The molecule has 6 nitrogen and oxygen atoms in total. The number of nitrogens with one attached hydrogen (secondary N) is 1. The molecular weight excluding hydrogens is 278 g/mol. The van der Waals surface area contributed by atoms with Gasteiger partial charge in [0.1, 0.15) is 6.33 Å². The highest BCUT2D eigenvalue weighted by Crippen LogP contribution is 2.29. The number of rotatable bonds is 3. The number of aromatic nitrogens is 4. The van der Waals surface area contributed by atoms with Crippen LogP contribution in [0.3, 0.4) is 0 Å². The summed E-state index contributed by atoms with van der Waals surface area (Å²) in [5, 5.41) is 14.3. The van der Waals surface area contributed by atoms with E-state index >= 15 is 0 Å². The molecule has 3 rings (SSSR count). The van der Waals surface area contributed by atoms with Crippen LogP contribution in [0.2, 0.25) is 0 Å². The summed E-state index contributed by atoms with van der Waals surface area (Å²) in [7, 11) is 0. The third-order valence-corrected chi connectivity index (χ3v) is 4.75. The van der Waals surface area contributed by atoms with Crippen molar-refractivity contribution in [1.29, 1.82) is 0 Å². The molecule has 1 amide bonds. The Bertz CT molecular complexity index is 640. The van der Waals surface area contributed by atoms with Crippen molar-refractivity contribution in [3.05, 3.63) is 36.2 Å². The highest BCUT2D eigenvalue weighted by Gasteiger charge is 2.28. The second-order valence-electron chi connectivity index (χ2n) is 6.15. The minimum absolute atomic E-state index is 0.0270. The molecular formula is C16H21N5O. The molecule has 1 fully saturated rings. The van der Waals surface area contributed by atoms with Gasteiger partial charge in [0.05, 0.1) is 5.69 Å². The molecule has 6 heteroatoms. The second-order valence-corrected chi connectivity index (χ2v) is 6.15. The predicted molar refractivity (Wildman–Crippen MR) is 82.6 cm³/mol.